The molecule has 0 aliphatic heterocycles. The van der Waals surface area contributed by atoms with Gasteiger partial charge in [-0.05, 0) is 24.3 Å². The molecule has 0 spiro atoms. The predicted molar refractivity (Wildman–Crippen MR) is 68.4 cm³/mol. The Morgan fingerprint density at radius 2 is 1.94 bits per heavy atom. The summed E-state index contributed by atoms with van der Waals surface area (Å²) >= 11 is 0. The van der Waals surface area contributed by atoms with Gasteiger partial charge < -0.3 is 9.30 Å². The average Bonchev–Trinajstić information content (AvgIpc) is 2.42. The molecule has 0 aliphatic carbocycles. The second-order valence-electron chi connectivity index (χ2n) is 3.81. The van der Waals surface area contributed by atoms with Crippen LogP contribution < -0.4 is 10.3 Å². The molecule has 0 atom stereocenters. The Balaban J connectivity index is 2.70. The Morgan fingerprint density at radius 3 is 2.61 bits per heavy atom. The van der Waals surface area contributed by atoms with Crippen LogP contribution in [0, 0.1) is 11.3 Å². The summed E-state index contributed by atoms with van der Waals surface area (Å²) in [6, 6.07) is 12.6. The highest BCUT2D eigenvalue weighted by Gasteiger charge is 2.10. The average molecular weight is 240 g/mol. The summed E-state index contributed by atoms with van der Waals surface area (Å²) in [6.45, 7) is 0. The largest absolute Gasteiger partial charge is 0.496 e. The van der Waals surface area contributed by atoms with Crippen LogP contribution in [0.3, 0.4) is 0 Å². The van der Waals surface area contributed by atoms with E-state index < -0.39 is 0 Å². The second kappa shape index (κ2) is 4.76. The Labute approximate surface area is 105 Å². The maximum atomic E-state index is 11.9. The number of pyridine rings is 1. The van der Waals surface area contributed by atoms with Gasteiger partial charge in [-0.25, -0.2) is 0 Å². The van der Waals surface area contributed by atoms with Crippen molar-refractivity contribution in [1.29, 1.82) is 5.26 Å². The van der Waals surface area contributed by atoms with Crippen LogP contribution in [-0.2, 0) is 7.05 Å². The Morgan fingerprint density at radius 1 is 1.22 bits per heavy atom. The van der Waals surface area contributed by atoms with Crippen molar-refractivity contribution in [1.82, 2.24) is 4.57 Å². The minimum absolute atomic E-state index is 0.135. The van der Waals surface area contributed by atoms with E-state index in [-0.39, 0.29) is 11.1 Å². The number of hydrogen-bond acceptors (Lipinski definition) is 3. The molecule has 0 N–H and O–H groups in total. The first-order valence-electron chi connectivity index (χ1n) is 5.42. The number of rotatable bonds is 2. The zero-order valence-corrected chi connectivity index (χ0v) is 10.2. The summed E-state index contributed by atoms with van der Waals surface area (Å²) in [6.07, 6.45) is 0. The summed E-state index contributed by atoms with van der Waals surface area (Å²) in [4.78, 5) is 11.9. The van der Waals surface area contributed by atoms with Gasteiger partial charge in [0.2, 0.25) is 0 Å². The molecule has 0 radical (unpaired) electrons. The number of para-hydroxylation sites is 1. The number of benzene rings is 1. The van der Waals surface area contributed by atoms with Crippen LogP contribution in [0.5, 0.6) is 5.75 Å². The third-order valence-electron chi connectivity index (χ3n) is 2.81. The van der Waals surface area contributed by atoms with E-state index >= 15 is 0 Å². The molecule has 0 saturated heterocycles. The van der Waals surface area contributed by atoms with Crippen LogP contribution in [0.2, 0.25) is 0 Å². The number of ether oxygens (including phenoxy) is 1. The first-order valence-corrected chi connectivity index (χ1v) is 5.42. The van der Waals surface area contributed by atoms with Crippen molar-refractivity contribution in [3.63, 3.8) is 0 Å². The van der Waals surface area contributed by atoms with E-state index in [1.807, 2.05) is 30.3 Å². The Bertz CT molecular complexity index is 681. The zero-order valence-electron chi connectivity index (χ0n) is 10.2. The fourth-order valence-corrected chi connectivity index (χ4v) is 1.85. The third kappa shape index (κ3) is 1.87. The van der Waals surface area contributed by atoms with E-state index in [0.717, 1.165) is 11.3 Å². The lowest BCUT2D eigenvalue weighted by molar-refractivity contribution is 0.416. The van der Waals surface area contributed by atoms with Crippen molar-refractivity contribution in [3.8, 4) is 23.1 Å². The number of nitriles is 1. The lowest BCUT2D eigenvalue weighted by Crippen LogP contribution is -2.20. The molecule has 18 heavy (non-hydrogen) atoms. The molecule has 1 heterocycles. The van der Waals surface area contributed by atoms with Gasteiger partial charge in [-0.15, -0.1) is 0 Å². The van der Waals surface area contributed by atoms with Crippen molar-refractivity contribution in [3.05, 3.63) is 52.3 Å². The SMILES string of the molecule is COc1ccccc1-c1ccc(C#N)c(=O)n1C. The van der Waals surface area contributed by atoms with Crippen LogP contribution in [0.15, 0.2) is 41.2 Å². The minimum Gasteiger partial charge on any atom is -0.496 e. The summed E-state index contributed by atoms with van der Waals surface area (Å²) < 4.78 is 6.73. The Kier molecular flexibility index (Phi) is 3.16. The molecule has 0 unspecified atom stereocenters. The molecule has 2 rings (SSSR count). The van der Waals surface area contributed by atoms with Gasteiger partial charge in [0.25, 0.3) is 5.56 Å². The summed E-state index contributed by atoms with van der Waals surface area (Å²) in [7, 11) is 3.23. The van der Waals surface area contributed by atoms with Gasteiger partial charge >= 0.3 is 0 Å². The van der Waals surface area contributed by atoms with Crippen LogP contribution in [-0.4, -0.2) is 11.7 Å². The Hall–Kier alpha value is -2.54. The van der Waals surface area contributed by atoms with Crippen molar-refractivity contribution < 1.29 is 4.74 Å². The summed E-state index contributed by atoms with van der Waals surface area (Å²) in [5.41, 5.74) is 1.37. The maximum absolute atomic E-state index is 11.9. The molecule has 1 aromatic carbocycles. The molecule has 90 valence electrons. The van der Waals surface area contributed by atoms with Gasteiger partial charge in [0, 0.05) is 12.6 Å². The molecular weight excluding hydrogens is 228 g/mol. The highest BCUT2D eigenvalue weighted by atomic mass is 16.5. The highest BCUT2D eigenvalue weighted by Crippen LogP contribution is 2.28. The lowest BCUT2D eigenvalue weighted by Gasteiger charge is -2.12. The first kappa shape index (κ1) is 11.9. The van der Waals surface area contributed by atoms with E-state index in [4.69, 9.17) is 10.00 Å². The molecule has 2 aromatic rings. The second-order valence-corrected chi connectivity index (χ2v) is 3.81. The minimum atomic E-state index is -0.305. The molecule has 0 amide bonds. The molecule has 0 aliphatic rings. The van der Waals surface area contributed by atoms with Gasteiger partial charge in [0.05, 0.1) is 12.8 Å². The van der Waals surface area contributed by atoms with Gasteiger partial charge in [-0.2, -0.15) is 5.26 Å². The van der Waals surface area contributed by atoms with E-state index in [1.165, 1.54) is 10.6 Å². The normalized spacial score (nSPS) is 9.83. The van der Waals surface area contributed by atoms with E-state index in [0.29, 0.717) is 5.75 Å². The smallest absolute Gasteiger partial charge is 0.268 e. The molecule has 0 saturated carbocycles. The van der Waals surface area contributed by atoms with Crippen molar-refractivity contribution >= 4 is 0 Å². The standard InChI is InChI=1S/C14H12N2O2/c1-16-12(8-7-10(9-15)14(16)17)11-5-3-4-6-13(11)18-2/h3-8H,1-2H3. The lowest BCUT2D eigenvalue weighted by atomic mass is 10.1. The zero-order chi connectivity index (χ0) is 13.1. The fraction of sp³-hybridized carbons (Fsp3) is 0.143. The maximum Gasteiger partial charge on any atom is 0.268 e. The summed E-state index contributed by atoms with van der Waals surface area (Å²) in [5, 5.41) is 8.82. The third-order valence-corrected chi connectivity index (χ3v) is 2.81. The molecule has 0 fully saturated rings. The fourth-order valence-electron chi connectivity index (χ4n) is 1.85. The van der Waals surface area contributed by atoms with E-state index in [2.05, 4.69) is 0 Å². The molecule has 4 nitrogen and oxygen atoms in total. The van der Waals surface area contributed by atoms with Crippen LogP contribution in [0.25, 0.3) is 11.3 Å². The van der Waals surface area contributed by atoms with Gasteiger partial charge in [0.1, 0.15) is 17.4 Å². The van der Waals surface area contributed by atoms with E-state index in [9.17, 15) is 4.79 Å². The van der Waals surface area contributed by atoms with E-state index in [1.54, 1.807) is 20.2 Å². The number of aromatic nitrogens is 1. The van der Waals surface area contributed by atoms with Gasteiger partial charge in [-0.1, -0.05) is 12.1 Å². The van der Waals surface area contributed by atoms with Crippen LogP contribution in [0.1, 0.15) is 5.56 Å². The number of methoxy groups -OCH3 is 1. The van der Waals surface area contributed by atoms with Crippen LogP contribution in [0.4, 0.5) is 0 Å². The molecular formula is C14H12N2O2. The topological polar surface area (TPSA) is 55.0 Å². The number of hydrogen-bond donors (Lipinski definition) is 0. The molecule has 0 bridgehead atoms. The number of nitrogens with zero attached hydrogens (tertiary/aromatic N) is 2. The van der Waals surface area contributed by atoms with Crippen molar-refractivity contribution in [2.75, 3.05) is 7.11 Å². The molecule has 1 aromatic heterocycles. The van der Waals surface area contributed by atoms with Crippen molar-refractivity contribution in [2.45, 2.75) is 0 Å². The highest BCUT2D eigenvalue weighted by molar-refractivity contribution is 5.67. The monoisotopic (exact) mass is 240 g/mol. The summed E-state index contributed by atoms with van der Waals surface area (Å²) in [5.74, 6) is 0.692. The quantitative estimate of drug-likeness (QED) is 0.806. The van der Waals surface area contributed by atoms with Crippen LogP contribution >= 0.6 is 0 Å². The van der Waals surface area contributed by atoms with Gasteiger partial charge in [-0.3, -0.25) is 4.79 Å². The van der Waals surface area contributed by atoms with Gasteiger partial charge in [0.15, 0.2) is 0 Å². The van der Waals surface area contributed by atoms with Crippen molar-refractivity contribution in [2.24, 2.45) is 7.05 Å². The molecule has 4 heteroatoms. The predicted octanol–water partition coefficient (Wildman–Crippen LogP) is 1.93. The first-order chi connectivity index (χ1) is 8.69.